The summed E-state index contributed by atoms with van der Waals surface area (Å²) < 4.78 is 1.82. The van der Waals surface area contributed by atoms with Gasteiger partial charge in [-0.3, -0.25) is 4.57 Å². The Bertz CT molecular complexity index is 357. The maximum absolute atomic E-state index is 5.54. The molecule has 1 aromatic heterocycles. The third-order valence-electron chi connectivity index (χ3n) is 1.61. The average Bonchev–Trinajstić information content (AvgIpc) is 2.58. The number of halogens is 2. The van der Waals surface area contributed by atoms with Crippen LogP contribution in [0.5, 0.6) is 0 Å². The number of hydrogen-bond donors (Lipinski definition) is 1. The Kier molecular flexibility index (Phi) is 4.97. The maximum atomic E-state index is 5.54. The second-order valence-corrected chi connectivity index (χ2v) is 2.46. The van der Waals surface area contributed by atoms with Crippen LogP contribution in [0.1, 0.15) is 0 Å². The molecule has 0 fully saturated rings. The first-order valence-corrected chi connectivity index (χ1v) is 3.57. The van der Waals surface area contributed by atoms with Crippen LogP contribution in [0, 0.1) is 0 Å². The number of anilines is 1. The average molecular weight is 233 g/mol. The molecule has 4 nitrogen and oxygen atoms in total. The van der Waals surface area contributed by atoms with Crippen LogP contribution in [0.15, 0.2) is 36.9 Å². The van der Waals surface area contributed by atoms with E-state index in [1.165, 1.54) is 0 Å². The minimum atomic E-state index is 0. The molecule has 1 aromatic carbocycles. The highest BCUT2D eigenvalue weighted by molar-refractivity contribution is 5.85. The van der Waals surface area contributed by atoms with Crippen LogP contribution in [-0.2, 0) is 0 Å². The lowest BCUT2D eigenvalue weighted by atomic mass is 10.3. The van der Waals surface area contributed by atoms with Gasteiger partial charge in [-0.15, -0.1) is 35.0 Å². The van der Waals surface area contributed by atoms with Crippen LogP contribution >= 0.6 is 24.8 Å². The fourth-order valence-corrected chi connectivity index (χ4v) is 0.980. The Morgan fingerprint density at radius 1 is 0.929 bits per heavy atom. The highest BCUT2D eigenvalue weighted by atomic mass is 35.5. The van der Waals surface area contributed by atoms with Crippen LogP contribution in [0.4, 0.5) is 5.69 Å². The molecule has 2 aromatic rings. The van der Waals surface area contributed by atoms with E-state index >= 15 is 0 Å². The molecule has 1 heterocycles. The van der Waals surface area contributed by atoms with E-state index in [9.17, 15) is 0 Å². The highest BCUT2D eigenvalue weighted by Crippen LogP contribution is 2.08. The Labute approximate surface area is 94.0 Å². The summed E-state index contributed by atoms with van der Waals surface area (Å²) in [7, 11) is 0. The highest BCUT2D eigenvalue weighted by Gasteiger charge is 1.93. The van der Waals surface area contributed by atoms with Crippen LogP contribution in [-0.4, -0.2) is 14.8 Å². The largest absolute Gasteiger partial charge is 0.399 e. The SMILES string of the molecule is Cl.Cl.Nc1ccc(-n2cnnc2)cc1. The maximum Gasteiger partial charge on any atom is 0.123 e. The molecule has 0 aliphatic rings. The van der Waals surface area contributed by atoms with Crippen molar-refractivity contribution in [1.82, 2.24) is 14.8 Å². The molecule has 2 rings (SSSR count). The molecule has 76 valence electrons. The van der Waals surface area contributed by atoms with E-state index in [0.29, 0.717) is 0 Å². The zero-order chi connectivity index (χ0) is 8.39. The van der Waals surface area contributed by atoms with Crippen molar-refractivity contribution in [2.24, 2.45) is 0 Å². The van der Waals surface area contributed by atoms with Crippen molar-refractivity contribution in [1.29, 1.82) is 0 Å². The zero-order valence-electron chi connectivity index (χ0n) is 7.20. The summed E-state index contributed by atoms with van der Waals surface area (Å²) in [6.07, 6.45) is 3.29. The molecule has 0 unspecified atom stereocenters. The molecule has 0 bridgehead atoms. The molecule has 0 aliphatic carbocycles. The van der Waals surface area contributed by atoms with E-state index < -0.39 is 0 Å². The minimum Gasteiger partial charge on any atom is -0.399 e. The molecule has 0 spiro atoms. The van der Waals surface area contributed by atoms with Gasteiger partial charge in [0, 0.05) is 11.4 Å². The summed E-state index contributed by atoms with van der Waals surface area (Å²) >= 11 is 0. The normalized spacial score (nSPS) is 8.57. The quantitative estimate of drug-likeness (QED) is 0.762. The van der Waals surface area contributed by atoms with Crippen LogP contribution in [0.3, 0.4) is 0 Å². The van der Waals surface area contributed by atoms with Crippen LogP contribution in [0.25, 0.3) is 5.69 Å². The second-order valence-electron chi connectivity index (χ2n) is 2.46. The van der Waals surface area contributed by atoms with E-state index in [0.717, 1.165) is 11.4 Å². The van der Waals surface area contributed by atoms with Crippen molar-refractivity contribution in [3.63, 3.8) is 0 Å². The van der Waals surface area contributed by atoms with Crippen LogP contribution < -0.4 is 5.73 Å². The Morgan fingerprint density at radius 2 is 1.43 bits per heavy atom. The lowest BCUT2D eigenvalue weighted by Crippen LogP contribution is -1.90. The molecule has 2 N–H and O–H groups in total. The first-order chi connectivity index (χ1) is 5.86. The van der Waals surface area contributed by atoms with Gasteiger partial charge < -0.3 is 5.73 Å². The number of nitrogens with zero attached hydrogens (tertiary/aromatic N) is 3. The number of benzene rings is 1. The molecule has 0 amide bonds. The number of aromatic nitrogens is 3. The summed E-state index contributed by atoms with van der Waals surface area (Å²) in [6.45, 7) is 0. The fraction of sp³-hybridized carbons (Fsp3) is 0. The molecule has 0 radical (unpaired) electrons. The zero-order valence-corrected chi connectivity index (χ0v) is 8.83. The van der Waals surface area contributed by atoms with Gasteiger partial charge in [0.1, 0.15) is 12.7 Å². The van der Waals surface area contributed by atoms with Gasteiger partial charge in [0.15, 0.2) is 0 Å². The summed E-state index contributed by atoms with van der Waals surface area (Å²) in [5.41, 5.74) is 7.30. The van der Waals surface area contributed by atoms with Gasteiger partial charge in [0.25, 0.3) is 0 Å². The van der Waals surface area contributed by atoms with Crippen molar-refractivity contribution in [3.8, 4) is 5.69 Å². The lowest BCUT2D eigenvalue weighted by molar-refractivity contribution is 1.06. The molecular formula is C8H10Cl2N4. The predicted molar refractivity (Wildman–Crippen MR) is 60.3 cm³/mol. The number of rotatable bonds is 1. The van der Waals surface area contributed by atoms with Crippen molar-refractivity contribution in [2.45, 2.75) is 0 Å². The molecule has 0 atom stereocenters. The van der Waals surface area contributed by atoms with Gasteiger partial charge in [-0.1, -0.05) is 0 Å². The van der Waals surface area contributed by atoms with Gasteiger partial charge in [-0.05, 0) is 24.3 Å². The standard InChI is InChI=1S/C8H8N4.2ClH/c9-7-1-3-8(4-2-7)12-5-10-11-6-12;;/h1-6H,9H2;2*1H. The summed E-state index contributed by atoms with van der Waals surface area (Å²) in [5, 5.41) is 7.41. The Morgan fingerprint density at radius 3 is 1.93 bits per heavy atom. The number of nitrogens with two attached hydrogens (primary N) is 1. The van der Waals surface area contributed by atoms with E-state index in [1.54, 1.807) is 12.7 Å². The van der Waals surface area contributed by atoms with Crippen molar-refractivity contribution in [3.05, 3.63) is 36.9 Å². The molecule has 0 saturated heterocycles. The van der Waals surface area contributed by atoms with E-state index in [1.807, 2.05) is 28.8 Å². The van der Waals surface area contributed by atoms with Gasteiger partial charge >= 0.3 is 0 Å². The molecule has 14 heavy (non-hydrogen) atoms. The van der Waals surface area contributed by atoms with Crippen molar-refractivity contribution < 1.29 is 0 Å². The Hall–Kier alpha value is -1.26. The second kappa shape index (κ2) is 5.47. The smallest absolute Gasteiger partial charge is 0.123 e. The minimum absolute atomic E-state index is 0. The fourth-order valence-electron chi connectivity index (χ4n) is 0.980. The number of nitrogen functional groups attached to an aromatic ring is 1. The third-order valence-corrected chi connectivity index (χ3v) is 1.61. The monoisotopic (exact) mass is 232 g/mol. The molecule has 0 aliphatic heterocycles. The topological polar surface area (TPSA) is 56.7 Å². The van der Waals surface area contributed by atoms with E-state index in [2.05, 4.69) is 10.2 Å². The van der Waals surface area contributed by atoms with Gasteiger partial charge in [0.05, 0.1) is 0 Å². The van der Waals surface area contributed by atoms with Gasteiger partial charge in [-0.2, -0.15) is 0 Å². The first-order valence-electron chi connectivity index (χ1n) is 3.57. The Balaban J connectivity index is 0.000000845. The summed E-state index contributed by atoms with van der Waals surface area (Å²) in [4.78, 5) is 0. The first kappa shape index (κ1) is 12.7. The lowest BCUT2D eigenvalue weighted by Gasteiger charge is -1.99. The summed E-state index contributed by atoms with van der Waals surface area (Å²) in [6, 6.07) is 7.52. The van der Waals surface area contributed by atoms with Crippen LogP contribution in [0.2, 0.25) is 0 Å². The van der Waals surface area contributed by atoms with Crippen molar-refractivity contribution >= 4 is 30.5 Å². The summed E-state index contributed by atoms with van der Waals surface area (Å²) in [5.74, 6) is 0. The van der Waals surface area contributed by atoms with Crippen molar-refractivity contribution in [2.75, 3.05) is 5.73 Å². The molecular weight excluding hydrogens is 223 g/mol. The van der Waals surface area contributed by atoms with Gasteiger partial charge in [-0.25, -0.2) is 0 Å². The number of hydrogen-bond acceptors (Lipinski definition) is 3. The third kappa shape index (κ3) is 2.61. The van der Waals surface area contributed by atoms with Gasteiger partial charge in [0.2, 0.25) is 0 Å². The molecule has 6 heteroatoms. The van der Waals surface area contributed by atoms with E-state index in [-0.39, 0.29) is 24.8 Å². The van der Waals surface area contributed by atoms with E-state index in [4.69, 9.17) is 5.73 Å². The molecule has 0 saturated carbocycles. The predicted octanol–water partition coefficient (Wildman–Crippen LogP) is 1.69.